The maximum absolute atomic E-state index is 3.49. The van der Waals surface area contributed by atoms with E-state index in [1.54, 1.807) is 0 Å². The lowest BCUT2D eigenvalue weighted by Gasteiger charge is -2.11. The van der Waals surface area contributed by atoms with E-state index >= 15 is 0 Å². The van der Waals surface area contributed by atoms with Crippen LogP contribution < -0.4 is 5.32 Å². The van der Waals surface area contributed by atoms with Gasteiger partial charge in [0.25, 0.3) is 0 Å². The van der Waals surface area contributed by atoms with Gasteiger partial charge in [-0.25, -0.2) is 0 Å². The number of aromatic nitrogens is 1. The molecule has 0 atom stereocenters. The number of hydrogen-bond donors (Lipinski definition) is 1. The largest absolute Gasteiger partial charge is 0.339 e. The smallest absolute Gasteiger partial charge is 0.0486 e. The van der Waals surface area contributed by atoms with E-state index in [4.69, 9.17) is 0 Å². The first-order chi connectivity index (χ1) is 9.78. The molecule has 0 bridgehead atoms. The summed E-state index contributed by atoms with van der Waals surface area (Å²) in [6.07, 6.45) is 0. The van der Waals surface area contributed by atoms with Crippen LogP contribution >= 0.6 is 15.9 Å². The molecule has 1 aromatic heterocycles. The molecule has 0 saturated carbocycles. The number of halogens is 1. The van der Waals surface area contributed by atoms with Gasteiger partial charge in [-0.1, -0.05) is 46.3 Å². The van der Waals surface area contributed by atoms with Crippen molar-refractivity contribution >= 4 is 26.8 Å². The standard InChI is InChI=1S/C17H17BrN2/c1-19-11-16-10-14-4-2-3-5-17(14)20(16)12-13-6-8-15(18)9-7-13/h2-10,19H,11-12H2,1H3. The molecule has 0 radical (unpaired) electrons. The summed E-state index contributed by atoms with van der Waals surface area (Å²) in [6.45, 7) is 1.78. The van der Waals surface area contributed by atoms with Crippen LogP contribution in [0.1, 0.15) is 11.3 Å². The molecule has 1 N–H and O–H groups in total. The second-order valence-corrected chi connectivity index (χ2v) is 5.85. The molecule has 1 heterocycles. The van der Waals surface area contributed by atoms with Crippen molar-refractivity contribution in [1.82, 2.24) is 9.88 Å². The van der Waals surface area contributed by atoms with Crippen molar-refractivity contribution in [2.45, 2.75) is 13.1 Å². The van der Waals surface area contributed by atoms with Gasteiger partial charge in [-0.05, 0) is 42.3 Å². The quantitative estimate of drug-likeness (QED) is 0.760. The minimum absolute atomic E-state index is 0.880. The maximum atomic E-state index is 3.49. The van der Waals surface area contributed by atoms with E-state index in [2.05, 4.69) is 80.4 Å². The fourth-order valence-corrected chi connectivity index (χ4v) is 2.82. The van der Waals surface area contributed by atoms with Crippen LogP contribution in [0.3, 0.4) is 0 Å². The Morgan fingerprint density at radius 2 is 1.80 bits per heavy atom. The first kappa shape index (κ1) is 13.4. The Morgan fingerprint density at radius 1 is 1.05 bits per heavy atom. The van der Waals surface area contributed by atoms with Crippen molar-refractivity contribution < 1.29 is 0 Å². The van der Waals surface area contributed by atoms with Crippen molar-refractivity contribution in [2.24, 2.45) is 0 Å². The lowest BCUT2D eigenvalue weighted by molar-refractivity contribution is 0.709. The van der Waals surface area contributed by atoms with E-state index in [0.29, 0.717) is 0 Å². The van der Waals surface area contributed by atoms with E-state index in [0.717, 1.165) is 17.6 Å². The Balaban J connectivity index is 2.04. The van der Waals surface area contributed by atoms with E-state index in [-0.39, 0.29) is 0 Å². The Bertz CT molecular complexity index is 713. The molecule has 0 unspecified atom stereocenters. The second-order valence-electron chi connectivity index (χ2n) is 4.94. The third kappa shape index (κ3) is 2.65. The summed E-state index contributed by atoms with van der Waals surface area (Å²) < 4.78 is 3.50. The molecule has 0 aliphatic carbocycles. The van der Waals surface area contributed by atoms with Crippen molar-refractivity contribution in [2.75, 3.05) is 7.05 Å². The Hall–Kier alpha value is -1.58. The highest BCUT2D eigenvalue weighted by Gasteiger charge is 2.08. The van der Waals surface area contributed by atoms with Crippen molar-refractivity contribution in [3.05, 3.63) is 70.3 Å². The molecule has 20 heavy (non-hydrogen) atoms. The summed E-state index contributed by atoms with van der Waals surface area (Å²) in [4.78, 5) is 0. The Morgan fingerprint density at radius 3 is 2.55 bits per heavy atom. The third-order valence-electron chi connectivity index (χ3n) is 3.51. The zero-order valence-electron chi connectivity index (χ0n) is 11.4. The maximum Gasteiger partial charge on any atom is 0.0486 e. The first-order valence-corrected chi connectivity index (χ1v) is 7.53. The number of benzene rings is 2. The minimum Gasteiger partial charge on any atom is -0.339 e. The first-order valence-electron chi connectivity index (χ1n) is 6.74. The molecule has 0 fully saturated rings. The summed E-state index contributed by atoms with van der Waals surface area (Å²) >= 11 is 3.49. The van der Waals surface area contributed by atoms with E-state index in [1.165, 1.54) is 22.2 Å². The summed E-state index contributed by atoms with van der Waals surface area (Å²) in [5.41, 5.74) is 3.92. The van der Waals surface area contributed by atoms with Gasteiger partial charge in [-0.15, -0.1) is 0 Å². The predicted molar refractivity (Wildman–Crippen MR) is 87.9 cm³/mol. The average Bonchev–Trinajstić information content (AvgIpc) is 2.80. The fourth-order valence-electron chi connectivity index (χ4n) is 2.55. The van der Waals surface area contributed by atoms with Crippen LogP contribution in [-0.4, -0.2) is 11.6 Å². The van der Waals surface area contributed by atoms with Crippen LogP contribution in [0.2, 0.25) is 0 Å². The predicted octanol–water partition coefficient (Wildman–Crippen LogP) is 4.17. The van der Waals surface area contributed by atoms with Gasteiger partial charge in [0.15, 0.2) is 0 Å². The van der Waals surface area contributed by atoms with Crippen LogP contribution in [0.25, 0.3) is 10.9 Å². The highest BCUT2D eigenvalue weighted by Crippen LogP contribution is 2.22. The summed E-state index contributed by atoms with van der Waals surface area (Å²) in [7, 11) is 1.99. The van der Waals surface area contributed by atoms with E-state index < -0.39 is 0 Å². The van der Waals surface area contributed by atoms with Gasteiger partial charge in [-0.3, -0.25) is 0 Å². The normalized spacial score (nSPS) is 11.1. The van der Waals surface area contributed by atoms with Gasteiger partial charge < -0.3 is 9.88 Å². The van der Waals surface area contributed by atoms with Crippen molar-refractivity contribution in [3.63, 3.8) is 0 Å². The number of hydrogen-bond acceptors (Lipinski definition) is 1. The van der Waals surface area contributed by atoms with Gasteiger partial charge in [-0.2, -0.15) is 0 Å². The number of fused-ring (bicyclic) bond motifs is 1. The van der Waals surface area contributed by atoms with Crippen LogP contribution in [-0.2, 0) is 13.1 Å². The molecular weight excluding hydrogens is 312 g/mol. The van der Waals surface area contributed by atoms with Crippen molar-refractivity contribution in [3.8, 4) is 0 Å². The molecule has 3 aromatic rings. The van der Waals surface area contributed by atoms with Gasteiger partial charge in [0, 0.05) is 28.8 Å². The average molecular weight is 329 g/mol. The summed E-state index contributed by atoms with van der Waals surface area (Å²) in [5, 5.41) is 4.55. The molecule has 102 valence electrons. The monoisotopic (exact) mass is 328 g/mol. The molecule has 0 saturated heterocycles. The van der Waals surface area contributed by atoms with Gasteiger partial charge in [0.05, 0.1) is 0 Å². The fraction of sp³-hybridized carbons (Fsp3) is 0.176. The van der Waals surface area contributed by atoms with Crippen LogP contribution in [0.15, 0.2) is 59.1 Å². The molecule has 0 aliphatic rings. The highest BCUT2D eigenvalue weighted by atomic mass is 79.9. The topological polar surface area (TPSA) is 17.0 Å². The minimum atomic E-state index is 0.880. The summed E-state index contributed by atoms with van der Waals surface area (Å²) in [6, 6.07) is 19.4. The molecule has 0 spiro atoms. The lowest BCUT2D eigenvalue weighted by Crippen LogP contribution is -2.11. The van der Waals surface area contributed by atoms with E-state index in [1.807, 2.05) is 7.05 Å². The molecule has 0 aliphatic heterocycles. The number of rotatable bonds is 4. The number of nitrogens with one attached hydrogen (secondary N) is 1. The molecule has 2 aromatic carbocycles. The lowest BCUT2D eigenvalue weighted by atomic mass is 10.2. The van der Waals surface area contributed by atoms with Crippen LogP contribution in [0.4, 0.5) is 0 Å². The molecular formula is C17H17BrN2. The van der Waals surface area contributed by atoms with Gasteiger partial charge in [0.2, 0.25) is 0 Å². The Labute approximate surface area is 127 Å². The SMILES string of the molecule is CNCc1cc2ccccc2n1Cc1ccc(Br)cc1. The molecule has 2 nitrogen and oxygen atoms in total. The Kier molecular flexibility index (Phi) is 3.90. The van der Waals surface area contributed by atoms with Crippen LogP contribution in [0, 0.1) is 0 Å². The molecule has 3 heteroatoms. The van der Waals surface area contributed by atoms with Crippen molar-refractivity contribution in [1.29, 1.82) is 0 Å². The van der Waals surface area contributed by atoms with E-state index in [9.17, 15) is 0 Å². The molecule has 0 amide bonds. The summed E-state index contributed by atoms with van der Waals surface area (Å²) in [5.74, 6) is 0. The van der Waals surface area contributed by atoms with Crippen LogP contribution in [0.5, 0.6) is 0 Å². The second kappa shape index (κ2) is 5.81. The van der Waals surface area contributed by atoms with Gasteiger partial charge in [0.1, 0.15) is 0 Å². The highest BCUT2D eigenvalue weighted by molar-refractivity contribution is 9.10. The zero-order valence-corrected chi connectivity index (χ0v) is 13.0. The number of para-hydroxylation sites is 1. The number of nitrogens with zero attached hydrogens (tertiary/aromatic N) is 1. The van der Waals surface area contributed by atoms with Gasteiger partial charge >= 0.3 is 0 Å². The zero-order chi connectivity index (χ0) is 13.9. The molecule has 3 rings (SSSR count). The third-order valence-corrected chi connectivity index (χ3v) is 4.04.